The van der Waals surface area contributed by atoms with E-state index in [1.807, 2.05) is 0 Å². The molecule has 0 saturated heterocycles. The maximum atomic E-state index is 13.4. The smallest absolute Gasteiger partial charge is 0.226 e. The first-order valence-electron chi connectivity index (χ1n) is 9.67. The standard InChI is InChI=1S/C24H23NOS/c1-24(23(26)25-13-12-16-7-6-14-27-16)15-21-17-8-2-4-10-19(17)22(24)20-11-5-3-9-18(20)21/h2-11,14,21-22H,12-13,15H2,1H3,(H,25,26). The summed E-state index contributed by atoms with van der Waals surface area (Å²) in [6.07, 6.45) is 1.79. The van der Waals surface area contributed by atoms with Crippen LogP contribution in [-0.4, -0.2) is 12.5 Å². The molecule has 1 unspecified atom stereocenters. The van der Waals surface area contributed by atoms with Crippen molar-refractivity contribution in [2.45, 2.75) is 31.6 Å². The van der Waals surface area contributed by atoms with Crippen LogP contribution in [0, 0.1) is 5.41 Å². The van der Waals surface area contributed by atoms with Crippen LogP contribution in [-0.2, 0) is 11.2 Å². The van der Waals surface area contributed by atoms with E-state index < -0.39 is 5.41 Å². The average molecular weight is 374 g/mol. The summed E-state index contributed by atoms with van der Waals surface area (Å²) in [5.41, 5.74) is 5.09. The molecule has 0 fully saturated rings. The molecule has 1 N–H and O–H groups in total. The van der Waals surface area contributed by atoms with E-state index in [-0.39, 0.29) is 11.8 Å². The molecule has 0 saturated carbocycles. The third-order valence-corrected chi connectivity index (χ3v) is 7.32. The number of nitrogens with one attached hydrogen (secondary N) is 1. The van der Waals surface area contributed by atoms with Gasteiger partial charge in [0.2, 0.25) is 5.91 Å². The molecular weight excluding hydrogens is 350 g/mol. The molecule has 1 atom stereocenters. The fourth-order valence-corrected chi connectivity index (χ4v) is 5.85. The Hall–Kier alpha value is -2.39. The molecule has 1 aromatic heterocycles. The van der Waals surface area contributed by atoms with E-state index in [0.29, 0.717) is 12.5 Å². The van der Waals surface area contributed by atoms with Crippen molar-refractivity contribution >= 4 is 17.2 Å². The van der Waals surface area contributed by atoms with Crippen LogP contribution in [0.15, 0.2) is 66.0 Å². The quantitative estimate of drug-likeness (QED) is 0.678. The fraction of sp³-hybridized carbons (Fsp3) is 0.292. The van der Waals surface area contributed by atoms with Crippen molar-refractivity contribution < 1.29 is 4.79 Å². The van der Waals surface area contributed by atoms with Gasteiger partial charge < -0.3 is 5.32 Å². The highest BCUT2D eigenvalue weighted by atomic mass is 32.1. The van der Waals surface area contributed by atoms with E-state index in [1.54, 1.807) is 11.3 Å². The molecular formula is C24H23NOS. The lowest BCUT2D eigenvalue weighted by Crippen LogP contribution is -2.49. The maximum absolute atomic E-state index is 13.4. The van der Waals surface area contributed by atoms with Gasteiger partial charge in [-0.3, -0.25) is 4.79 Å². The van der Waals surface area contributed by atoms with Gasteiger partial charge in [0.15, 0.2) is 0 Å². The summed E-state index contributed by atoms with van der Waals surface area (Å²) in [5, 5.41) is 5.34. The van der Waals surface area contributed by atoms with E-state index >= 15 is 0 Å². The van der Waals surface area contributed by atoms with Crippen LogP contribution in [0.3, 0.4) is 0 Å². The molecule has 3 aromatic rings. The SMILES string of the molecule is CC1(C(=O)NCCc2cccs2)CC2c3ccccc3C1c1ccccc12. The summed E-state index contributed by atoms with van der Waals surface area (Å²) in [6.45, 7) is 2.87. The summed E-state index contributed by atoms with van der Waals surface area (Å²) >= 11 is 1.75. The summed E-state index contributed by atoms with van der Waals surface area (Å²) in [6, 6.07) is 21.6. The molecule has 136 valence electrons. The number of carbonyl (C=O) groups is 1. The Morgan fingerprint density at radius 3 is 2.22 bits per heavy atom. The van der Waals surface area contributed by atoms with Crippen LogP contribution in [0.1, 0.15) is 52.3 Å². The largest absolute Gasteiger partial charge is 0.355 e. The van der Waals surface area contributed by atoms with Crippen molar-refractivity contribution in [3.63, 3.8) is 0 Å². The summed E-state index contributed by atoms with van der Waals surface area (Å²) in [5.74, 6) is 0.644. The topological polar surface area (TPSA) is 29.1 Å². The summed E-state index contributed by atoms with van der Waals surface area (Å²) < 4.78 is 0. The Kier molecular flexibility index (Phi) is 3.94. The third-order valence-electron chi connectivity index (χ3n) is 6.39. The van der Waals surface area contributed by atoms with Gasteiger partial charge in [0.05, 0.1) is 5.41 Å². The van der Waals surface area contributed by atoms with Crippen LogP contribution in [0.25, 0.3) is 0 Å². The van der Waals surface area contributed by atoms with Crippen LogP contribution in [0.4, 0.5) is 0 Å². The predicted octanol–water partition coefficient (Wildman–Crippen LogP) is 5.09. The molecule has 1 heterocycles. The molecule has 0 radical (unpaired) electrons. The first-order valence-corrected chi connectivity index (χ1v) is 10.5. The minimum absolute atomic E-state index is 0.136. The fourth-order valence-electron chi connectivity index (χ4n) is 5.15. The van der Waals surface area contributed by atoms with Crippen molar-refractivity contribution in [2.75, 3.05) is 6.54 Å². The van der Waals surface area contributed by atoms with E-state index in [4.69, 9.17) is 0 Å². The van der Waals surface area contributed by atoms with Gasteiger partial charge in [-0.2, -0.15) is 0 Å². The van der Waals surface area contributed by atoms with E-state index in [1.165, 1.54) is 27.1 Å². The van der Waals surface area contributed by atoms with Crippen LogP contribution < -0.4 is 5.32 Å². The second-order valence-electron chi connectivity index (χ2n) is 7.95. The summed E-state index contributed by atoms with van der Waals surface area (Å²) in [4.78, 5) is 14.7. The van der Waals surface area contributed by atoms with E-state index in [0.717, 1.165) is 12.8 Å². The molecule has 1 amide bonds. The van der Waals surface area contributed by atoms with E-state index in [9.17, 15) is 4.79 Å². The lowest BCUT2D eigenvalue weighted by molar-refractivity contribution is -0.132. The van der Waals surface area contributed by atoms with Crippen LogP contribution in [0.2, 0.25) is 0 Å². The zero-order chi connectivity index (χ0) is 18.4. The molecule has 2 aromatic carbocycles. The molecule has 27 heavy (non-hydrogen) atoms. The first-order chi connectivity index (χ1) is 13.2. The highest BCUT2D eigenvalue weighted by Crippen LogP contribution is 2.60. The van der Waals surface area contributed by atoms with Crippen LogP contribution in [0.5, 0.6) is 0 Å². The number of fused-ring (bicyclic) bond motifs is 1. The minimum Gasteiger partial charge on any atom is -0.355 e. The minimum atomic E-state index is -0.400. The van der Waals surface area contributed by atoms with Gasteiger partial charge in [-0.1, -0.05) is 54.6 Å². The molecule has 2 nitrogen and oxygen atoms in total. The van der Waals surface area contributed by atoms with Crippen LogP contribution >= 0.6 is 11.3 Å². The van der Waals surface area contributed by atoms with Crippen molar-refractivity contribution in [2.24, 2.45) is 5.41 Å². The van der Waals surface area contributed by atoms with Gasteiger partial charge in [0, 0.05) is 23.3 Å². The number of thiophene rings is 1. The summed E-state index contributed by atoms with van der Waals surface area (Å²) in [7, 11) is 0. The number of amides is 1. The molecule has 6 rings (SSSR count). The van der Waals surface area contributed by atoms with Crippen molar-refractivity contribution in [1.82, 2.24) is 5.32 Å². The number of benzene rings is 2. The second kappa shape index (κ2) is 6.35. The van der Waals surface area contributed by atoms with Gasteiger partial charge in [0.1, 0.15) is 0 Å². The molecule has 2 bridgehead atoms. The zero-order valence-electron chi connectivity index (χ0n) is 15.4. The molecule has 0 aliphatic heterocycles. The second-order valence-corrected chi connectivity index (χ2v) is 8.98. The maximum Gasteiger partial charge on any atom is 0.226 e. The number of hydrogen-bond donors (Lipinski definition) is 1. The zero-order valence-corrected chi connectivity index (χ0v) is 16.3. The third kappa shape index (κ3) is 2.56. The lowest BCUT2D eigenvalue weighted by Gasteiger charge is -2.50. The Morgan fingerprint density at radius 2 is 1.63 bits per heavy atom. The highest BCUT2D eigenvalue weighted by molar-refractivity contribution is 7.09. The Bertz CT molecular complexity index is 946. The molecule has 3 aliphatic rings. The van der Waals surface area contributed by atoms with Gasteiger partial charge >= 0.3 is 0 Å². The van der Waals surface area contributed by atoms with Gasteiger partial charge in [-0.05, 0) is 53.5 Å². The molecule has 0 spiro atoms. The Morgan fingerprint density at radius 1 is 1.00 bits per heavy atom. The monoisotopic (exact) mass is 373 g/mol. The predicted molar refractivity (Wildman–Crippen MR) is 110 cm³/mol. The van der Waals surface area contributed by atoms with Gasteiger partial charge in [-0.25, -0.2) is 0 Å². The van der Waals surface area contributed by atoms with Gasteiger partial charge in [0.25, 0.3) is 0 Å². The molecule has 3 aliphatic carbocycles. The Balaban J connectivity index is 1.47. The van der Waals surface area contributed by atoms with Crippen molar-refractivity contribution in [1.29, 1.82) is 0 Å². The van der Waals surface area contributed by atoms with Gasteiger partial charge in [-0.15, -0.1) is 11.3 Å². The molecule has 3 heteroatoms. The Labute approximate surface area is 164 Å². The number of rotatable bonds is 4. The number of carbonyl (C=O) groups excluding carboxylic acids is 1. The lowest BCUT2D eigenvalue weighted by atomic mass is 9.52. The first kappa shape index (κ1) is 16.8. The number of hydrogen-bond acceptors (Lipinski definition) is 2. The highest BCUT2D eigenvalue weighted by Gasteiger charge is 2.53. The average Bonchev–Trinajstić information content (AvgIpc) is 3.21. The van der Waals surface area contributed by atoms with E-state index in [2.05, 4.69) is 78.3 Å². The van der Waals surface area contributed by atoms with Crippen molar-refractivity contribution in [3.05, 3.63) is 93.2 Å². The normalized spacial score (nSPS) is 24.9. The van der Waals surface area contributed by atoms with Crippen molar-refractivity contribution in [3.8, 4) is 0 Å².